The first-order chi connectivity index (χ1) is 10.9. The molecule has 3 N–H and O–H groups in total. The number of aliphatic hydroxyl groups excluding tert-OH is 2. The highest BCUT2D eigenvalue weighted by atomic mass is 32.1. The molecule has 0 aliphatic carbocycles. The van der Waals surface area contributed by atoms with Crippen LogP contribution in [-0.4, -0.2) is 63.9 Å². The van der Waals surface area contributed by atoms with Gasteiger partial charge >= 0.3 is 5.97 Å². The Morgan fingerprint density at radius 2 is 2.26 bits per heavy atom. The van der Waals surface area contributed by atoms with Gasteiger partial charge in [-0.05, 0) is 12.2 Å². The van der Waals surface area contributed by atoms with E-state index in [1.54, 1.807) is 0 Å². The Morgan fingerprint density at radius 1 is 1.52 bits per heavy atom. The Labute approximate surface area is 136 Å². The minimum atomic E-state index is -1.10. The van der Waals surface area contributed by atoms with Crippen LogP contribution in [0.25, 0.3) is 0 Å². The maximum Gasteiger partial charge on any atom is 0.302 e. The van der Waals surface area contributed by atoms with Gasteiger partial charge in [-0.3, -0.25) is 19.1 Å². The zero-order valence-electron chi connectivity index (χ0n) is 12.4. The quantitative estimate of drug-likeness (QED) is 0.344. The van der Waals surface area contributed by atoms with Crippen LogP contribution in [0.4, 0.5) is 0 Å². The molecule has 23 heavy (non-hydrogen) atoms. The third kappa shape index (κ3) is 4.24. The van der Waals surface area contributed by atoms with E-state index in [2.05, 4.69) is 4.98 Å². The monoisotopic (exact) mass is 346 g/mol. The van der Waals surface area contributed by atoms with Crippen molar-refractivity contribution in [1.82, 2.24) is 9.55 Å². The minimum Gasteiger partial charge on any atom is -0.463 e. The SMILES string of the molecule is CC(=O)OCCO[C@@H]1[C@H](O)[C@@H](CO)O[C@H]1n1ccc(=O)[nH]c1=S. The van der Waals surface area contributed by atoms with E-state index < -0.39 is 37.1 Å². The van der Waals surface area contributed by atoms with Crippen LogP contribution >= 0.6 is 12.2 Å². The molecule has 4 atom stereocenters. The average molecular weight is 346 g/mol. The average Bonchev–Trinajstić information content (AvgIpc) is 2.80. The highest BCUT2D eigenvalue weighted by Crippen LogP contribution is 2.31. The number of carbonyl (C=O) groups is 1. The predicted octanol–water partition coefficient (Wildman–Crippen LogP) is -0.895. The van der Waals surface area contributed by atoms with Crippen molar-refractivity contribution >= 4 is 18.2 Å². The van der Waals surface area contributed by atoms with Crippen molar-refractivity contribution in [3.63, 3.8) is 0 Å². The number of nitrogens with zero attached hydrogens (tertiary/aromatic N) is 1. The summed E-state index contributed by atoms with van der Waals surface area (Å²) in [5.41, 5.74) is -0.365. The molecule has 128 valence electrons. The van der Waals surface area contributed by atoms with Crippen LogP contribution in [0.1, 0.15) is 13.2 Å². The van der Waals surface area contributed by atoms with Gasteiger partial charge in [-0.2, -0.15) is 0 Å². The molecule has 1 aliphatic rings. The molecule has 0 aromatic carbocycles. The smallest absolute Gasteiger partial charge is 0.302 e. The van der Waals surface area contributed by atoms with Crippen LogP contribution in [0, 0.1) is 4.77 Å². The fraction of sp³-hybridized carbons (Fsp3) is 0.615. The summed E-state index contributed by atoms with van der Waals surface area (Å²) in [4.78, 5) is 24.4. The molecule has 0 spiro atoms. The van der Waals surface area contributed by atoms with Crippen LogP contribution in [0.2, 0.25) is 0 Å². The number of carbonyl (C=O) groups excluding carboxylic acids is 1. The first-order valence-electron chi connectivity index (χ1n) is 6.95. The van der Waals surface area contributed by atoms with E-state index in [0.717, 1.165) is 0 Å². The lowest BCUT2D eigenvalue weighted by molar-refractivity contribution is -0.144. The molecule has 2 heterocycles. The number of ether oxygens (including phenoxy) is 3. The molecule has 1 aromatic heterocycles. The van der Waals surface area contributed by atoms with Gasteiger partial charge in [0.05, 0.1) is 13.2 Å². The molecule has 0 saturated carbocycles. The summed E-state index contributed by atoms with van der Waals surface area (Å²) in [7, 11) is 0. The van der Waals surface area contributed by atoms with Gasteiger partial charge in [-0.1, -0.05) is 0 Å². The molecule has 0 bridgehead atoms. The first kappa shape index (κ1) is 17.8. The van der Waals surface area contributed by atoms with E-state index >= 15 is 0 Å². The van der Waals surface area contributed by atoms with E-state index in [4.69, 9.17) is 26.4 Å². The second-order valence-electron chi connectivity index (χ2n) is 4.93. The number of H-pyrrole nitrogens is 1. The Balaban J connectivity index is 2.15. The second kappa shape index (κ2) is 7.79. The number of nitrogens with one attached hydrogen (secondary N) is 1. The molecule has 1 aliphatic heterocycles. The van der Waals surface area contributed by atoms with Crippen molar-refractivity contribution in [2.45, 2.75) is 31.5 Å². The standard InChI is InChI=1S/C13H18N2O7S/c1-7(17)20-4-5-21-11-10(19)8(6-16)22-12(11)15-3-2-9(18)14-13(15)23/h2-3,8,10-12,16,19H,4-6H2,1H3,(H,14,18,23)/t8-,10-,11-,12-/m1/s1. The maximum absolute atomic E-state index is 11.3. The van der Waals surface area contributed by atoms with Gasteiger partial charge < -0.3 is 24.4 Å². The van der Waals surface area contributed by atoms with Crippen molar-refractivity contribution < 1.29 is 29.2 Å². The first-order valence-corrected chi connectivity index (χ1v) is 7.35. The van der Waals surface area contributed by atoms with Gasteiger partial charge in [0.25, 0.3) is 5.56 Å². The Kier molecular flexibility index (Phi) is 6.02. The summed E-state index contributed by atoms with van der Waals surface area (Å²) in [5, 5.41) is 19.5. The molecule has 1 fully saturated rings. The lowest BCUT2D eigenvalue weighted by Gasteiger charge is -2.22. The molecule has 0 amide bonds. The zero-order valence-corrected chi connectivity index (χ0v) is 13.2. The van der Waals surface area contributed by atoms with E-state index in [9.17, 15) is 19.8 Å². The molecule has 9 nitrogen and oxygen atoms in total. The summed E-state index contributed by atoms with van der Waals surface area (Å²) in [6.45, 7) is 0.929. The normalized spacial score (nSPS) is 27.1. The van der Waals surface area contributed by atoms with Gasteiger partial charge in [0, 0.05) is 19.2 Å². The third-order valence-electron chi connectivity index (χ3n) is 3.32. The summed E-state index contributed by atoms with van der Waals surface area (Å²) >= 11 is 5.07. The Morgan fingerprint density at radius 3 is 2.87 bits per heavy atom. The molecule has 10 heteroatoms. The number of rotatable bonds is 6. The Hall–Kier alpha value is -1.59. The summed E-state index contributed by atoms with van der Waals surface area (Å²) in [6, 6.07) is 1.26. The zero-order chi connectivity index (χ0) is 17.0. The molecule has 1 aromatic rings. The molecule has 0 unspecified atom stereocenters. The molecular weight excluding hydrogens is 328 g/mol. The van der Waals surface area contributed by atoms with Gasteiger partial charge in [-0.25, -0.2) is 0 Å². The van der Waals surface area contributed by atoms with Crippen LogP contribution in [0.15, 0.2) is 17.1 Å². The topological polar surface area (TPSA) is 123 Å². The number of aromatic nitrogens is 2. The van der Waals surface area contributed by atoms with E-state index in [1.807, 2.05) is 0 Å². The largest absolute Gasteiger partial charge is 0.463 e. The molecule has 1 saturated heterocycles. The van der Waals surface area contributed by atoms with Crippen molar-refractivity contribution in [1.29, 1.82) is 0 Å². The highest BCUT2D eigenvalue weighted by Gasteiger charge is 2.45. The van der Waals surface area contributed by atoms with Gasteiger partial charge in [0.15, 0.2) is 11.0 Å². The van der Waals surface area contributed by atoms with Crippen molar-refractivity contribution in [2.24, 2.45) is 0 Å². The van der Waals surface area contributed by atoms with E-state index in [0.29, 0.717) is 0 Å². The van der Waals surface area contributed by atoms with Crippen molar-refractivity contribution in [2.75, 3.05) is 19.8 Å². The summed E-state index contributed by atoms with van der Waals surface area (Å²) in [5.74, 6) is -0.440. The minimum absolute atomic E-state index is 0.0199. The van der Waals surface area contributed by atoms with Crippen LogP contribution in [-0.2, 0) is 19.0 Å². The van der Waals surface area contributed by atoms with Crippen LogP contribution in [0.5, 0.6) is 0 Å². The number of hydrogen-bond acceptors (Lipinski definition) is 8. The number of aromatic amines is 1. The summed E-state index contributed by atoms with van der Waals surface area (Å²) < 4.78 is 17.4. The van der Waals surface area contributed by atoms with Gasteiger partial charge in [0.1, 0.15) is 24.9 Å². The van der Waals surface area contributed by atoms with Crippen LogP contribution < -0.4 is 5.56 Å². The highest BCUT2D eigenvalue weighted by molar-refractivity contribution is 7.71. The maximum atomic E-state index is 11.3. The molecular formula is C13H18N2O7S. The third-order valence-corrected chi connectivity index (χ3v) is 3.63. The number of esters is 1. The lowest BCUT2D eigenvalue weighted by Crippen LogP contribution is -2.36. The lowest BCUT2D eigenvalue weighted by atomic mass is 10.1. The molecule has 2 rings (SSSR count). The Bertz CT molecular complexity index is 658. The van der Waals surface area contributed by atoms with Crippen molar-refractivity contribution in [3.05, 3.63) is 27.4 Å². The second-order valence-corrected chi connectivity index (χ2v) is 5.32. The van der Waals surface area contributed by atoms with Crippen LogP contribution in [0.3, 0.4) is 0 Å². The molecule has 0 radical (unpaired) electrons. The fourth-order valence-corrected chi connectivity index (χ4v) is 2.54. The summed E-state index contributed by atoms with van der Waals surface area (Å²) in [6.07, 6.45) is -2.21. The number of hydrogen-bond donors (Lipinski definition) is 3. The van der Waals surface area contributed by atoms with E-state index in [1.165, 1.54) is 23.8 Å². The van der Waals surface area contributed by atoms with Gasteiger partial charge in [-0.15, -0.1) is 0 Å². The van der Waals surface area contributed by atoms with Gasteiger partial charge in [0.2, 0.25) is 0 Å². The van der Waals surface area contributed by atoms with Crippen molar-refractivity contribution in [3.8, 4) is 0 Å². The fourth-order valence-electron chi connectivity index (χ4n) is 2.27. The predicted molar refractivity (Wildman–Crippen MR) is 79.3 cm³/mol. The number of aliphatic hydroxyl groups is 2. The van der Waals surface area contributed by atoms with E-state index in [-0.39, 0.29) is 23.5 Å².